The molecule has 0 aromatic heterocycles. The summed E-state index contributed by atoms with van der Waals surface area (Å²) in [6.07, 6.45) is 0. The highest BCUT2D eigenvalue weighted by molar-refractivity contribution is 5.43. The van der Waals surface area contributed by atoms with Gasteiger partial charge in [-0.15, -0.1) is 5.11 Å². The Kier molecular flexibility index (Phi) is 3.70. The zero-order valence-corrected chi connectivity index (χ0v) is 9.59. The number of hydrazine groups is 1. The third-order valence-corrected chi connectivity index (χ3v) is 2.22. The second-order valence-corrected chi connectivity index (χ2v) is 3.64. The molecule has 2 rings (SSSR count). The standard InChI is InChI=1S/C13H14N4/c1-11-7-9-13(10-8-11)15-17-16-14-12-5-3-2-4-6-12/h2-10H,1H3,(H,14,17)(H,15,16). The van der Waals surface area contributed by atoms with E-state index in [0.717, 1.165) is 11.4 Å². The molecule has 0 radical (unpaired) electrons. The lowest BCUT2D eigenvalue weighted by Gasteiger charge is -2.03. The molecule has 0 heterocycles. The van der Waals surface area contributed by atoms with Crippen LogP contribution in [0.2, 0.25) is 0 Å². The number of rotatable bonds is 4. The topological polar surface area (TPSA) is 48.8 Å². The maximum Gasteiger partial charge on any atom is 0.0874 e. The van der Waals surface area contributed by atoms with E-state index in [-0.39, 0.29) is 0 Å². The maximum atomic E-state index is 3.99. The van der Waals surface area contributed by atoms with Crippen molar-refractivity contribution in [1.29, 1.82) is 0 Å². The number of hydrogen-bond acceptors (Lipinski definition) is 3. The second kappa shape index (κ2) is 5.65. The monoisotopic (exact) mass is 226 g/mol. The minimum Gasteiger partial charge on any atom is -0.284 e. The van der Waals surface area contributed by atoms with Gasteiger partial charge in [0.25, 0.3) is 0 Å². The van der Waals surface area contributed by atoms with E-state index in [1.54, 1.807) is 0 Å². The normalized spacial score (nSPS) is 10.4. The van der Waals surface area contributed by atoms with E-state index in [0.29, 0.717) is 0 Å². The van der Waals surface area contributed by atoms with Crippen molar-refractivity contribution in [2.45, 2.75) is 6.92 Å². The number of benzene rings is 2. The van der Waals surface area contributed by atoms with Gasteiger partial charge in [-0.1, -0.05) is 41.1 Å². The Morgan fingerprint density at radius 1 is 0.882 bits per heavy atom. The molecule has 0 bridgehead atoms. The van der Waals surface area contributed by atoms with Crippen LogP contribution in [0.25, 0.3) is 0 Å². The average Bonchev–Trinajstić information content (AvgIpc) is 2.38. The van der Waals surface area contributed by atoms with E-state index in [2.05, 4.69) is 21.3 Å². The minimum atomic E-state index is 0.811. The van der Waals surface area contributed by atoms with Gasteiger partial charge in [-0.05, 0) is 31.2 Å². The van der Waals surface area contributed by atoms with Gasteiger partial charge in [0.15, 0.2) is 0 Å². The van der Waals surface area contributed by atoms with Crippen LogP contribution in [0.15, 0.2) is 64.9 Å². The zero-order chi connectivity index (χ0) is 11.9. The van der Waals surface area contributed by atoms with Crippen molar-refractivity contribution in [2.24, 2.45) is 10.3 Å². The van der Waals surface area contributed by atoms with Gasteiger partial charge in [0.05, 0.1) is 11.4 Å². The van der Waals surface area contributed by atoms with Crippen LogP contribution in [0, 0.1) is 6.92 Å². The van der Waals surface area contributed by atoms with Gasteiger partial charge < -0.3 is 0 Å². The van der Waals surface area contributed by atoms with Crippen LogP contribution in [0.4, 0.5) is 11.4 Å². The second-order valence-electron chi connectivity index (χ2n) is 3.64. The van der Waals surface area contributed by atoms with E-state index < -0.39 is 0 Å². The highest BCUT2D eigenvalue weighted by atomic mass is 15.6. The van der Waals surface area contributed by atoms with Crippen LogP contribution in [-0.4, -0.2) is 0 Å². The zero-order valence-electron chi connectivity index (χ0n) is 9.59. The van der Waals surface area contributed by atoms with Crippen molar-refractivity contribution < 1.29 is 0 Å². The maximum absolute atomic E-state index is 3.99. The lowest BCUT2D eigenvalue weighted by atomic mass is 10.2. The Balaban J connectivity index is 1.84. The fourth-order valence-electron chi connectivity index (χ4n) is 1.30. The first-order valence-corrected chi connectivity index (χ1v) is 5.38. The van der Waals surface area contributed by atoms with E-state index in [4.69, 9.17) is 0 Å². The van der Waals surface area contributed by atoms with Crippen molar-refractivity contribution in [3.05, 3.63) is 60.2 Å². The van der Waals surface area contributed by atoms with Crippen molar-refractivity contribution in [3.63, 3.8) is 0 Å². The summed E-state index contributed by atoms with van der Waals surface area (Å²) in [4.78, 5) is 0. The molecule has 4 heteroatoms. The summed E-state index contributed by atoms with van der Waals surface area (Å²) in [7, 11) is 0. The van der Waals surface area contributed by atoms with Crippen LogP contribution >= 0.6 is 0 Å². The number of aryl methyl sites for hydroxylation is 1. The highest BCUT2D eigenvalue weighted by Crippen LogP contribution is 2.10. The molecule has 17 heavy (non-hydrogen) atoms. The highest BCUT2D eigenvalue weighted by Gasteiger charge is 1.88. The van der Waals surface area contributed by atoms with Crippen LogP contribution < -0.4 is 11.0 Å². The Bertz CT molecular complexity index is 477. The van der Waals surface area contributed by atoms with Gasteiger partial charge in [-0.25, -0.2) is 5.53 Å². The van der Waals surface area contributed by atoms with E-state index in [1.807, 2.05) is 61.5 Å². The molecule has 86 valence electrons. The molecular weight excluding hydrogens is 212 g/mol. The first-order valence-electron chi connectivity index (χ1n) is 5.38. The van der Waals surface area contributed by atoms with Gasteiger partial charge >= 0.3 is 0 Å². The Morgan fingerprint density at radius 2 is 1.59 bits per heavy atom. The van der Waals surface area contributed by atoms with Crippen LogP contribution in [0.3, 0.4) is 0 Å². The van der Waals surface area contributed by atoms with Crippen LogP contribution in [0.5, 0.6) is 0 Å². The first-order chi connectivity index (χ1) is 8.34. The molecule has 4 nitrogen and oxygen atoms in total. The van der Waals surface area contributed by atoms with Gasteiger partial charge in [0, 0.05) is 0 Å². The van der Waals surface area contributed by atoms with E-state index in [9.17, 15) is 0 Å². The van der Waals surface area contributed by atoms with Crippen molar-refractivity contribution in [1.82, 2.24) is 5.53 Å². The van der Waals surface area contributed by atoms with Crippen molar-refractivity contribution >= 4 is 11.4 Å². The molecule has 0 aliphatic heterocycles. The number of nitrogens with one attached hydrogen (secondary N) is 2. The van der Waals surface area contributed by atoms with Gasteiger partial charge in [0.1, 0.15) is 0 Å². The van der Waals surface area contributed by atoms with E-state index in [1.165, 1.54) is 5.56 Å². The molecule has 0 aliphatic carbocycles. The molecule has 2 aromatic rings. The number of nitrogens with zero attached hydrogens (tertiary/aromatic N) is 2. The Labute approximate surface area is 100 Å². The van der Waals surface area contributed by atoms with Crippen molar-refractivity contribution in [2.75, 3.05) is 5.43 Å². The quantitative estimate of drug-likeness (QED) is 0.618. The van der Waals surface area contributed by atoms with Crippen LogP contribution in [0.1, 0.15) is 5.56 Å². The molecule has 2 aromatic carbocycles. The largest absolute Gasteiger partial charge is 0.284 e. The molecule has 0 saturated heterocycles. The SMILES string of the molecule is Cc1ccc(NNN=Nc2ccccc2)cc1. The third-order valence-electron chi connectivity index (χ3n) is 2.22. The fraction of sp³-hybridized carbons (Fsp3) is 0.0769. The smallest absolute Gasteiger partial charge is 0.0874 e. The summed E-state index contributed by atoms with van der Waals surface area (Å²) in [5.41, 5.74) is 8.59. The molecular formula is C13H14N4. The predicted molar refractivity (Wildman–Crippen MR) is 68.9 cm³/mol. The van der Waals surface area contributed by atoms with Gasteiger partial charge in [-0.3, -0.25) is 5.43 Å². The predicted octanol–water partition coefficient (Wildman–Crippen LogP) is 3.61. The summed E-state index contributed by atoms with van der Waals surface area (Å²) >= 11 is 0. The van der Waals surface area contributed by atoms with Crippen LogP contribution in [-0.2, 0) is 0 Å². The number of anilines is 1. The van der Waals surface area contributed by atoms with E-state index >= 15 is 0 Å². The average molecular weight is 226 g/mol. The molecule has 0 saturated carbocycles. The van der Waals surface area contributed by atoms with Crippen molar-refractivity contribution in [3.8, 4) is 0 Å². The summed E-state index contributed by atoms with van der Waals surface area (Å²) in [5.74, 6) is 0. The lowest BCUT2D eigenvalue weighted by Crippen LogP contribution is -2.13. The minimum absolute atomic E-state index is 0.811. The lowest BCUT2D eigenvalue weighted by molar-refractivity contribution is 0.806. The third kappa shape index (κ3) is 3.61. The Hall–Kier alpha value is -2.36. The van der Waals surface area contributed by atoms with Gasteiger partial charge in [-0.2, -0.15) is 0 Å². The molecule has 0 fully saturated rings. The molecule has 2 N–H and O–H groups in total. The summed E-state index contributed by atoms with van der Waals surface area (Å²) < 4.78 is 0. The molecule has 0 spiro atoms. The summed E-state index contributed by atoms with van der Waals surface area (Å²) in [6, 6.07) is 17.5. The number of hydrogen-bond donors (Lipinski definition) is 2. The molecule has 0 aliphatic rings. The molecule has 0 atom stereocenters. The van der Waals surface area contributed by atoms with Gasteiger partial charge in [0.2, 0.25) is 0 Å². The summed E-state index contributed by atoms with van der Waals surface area (Å²) in [6.45, 7) is 2.05. The fourth-order valence-corrected chi connectivity index (χ4v) is 1.30. The molecule has 0 amide bonds. The Morgan fingerprint density at radius 3 is 2.29 bits per heavy atom. The summed E-state index contributed by atoms with van der Waals surface area (Å²) in [5, 5.41) is 7.81. The molecule has 0 unspecified atom stereocenters. The first kappa shape index (κ1) is 11.1.